The van der Waals surface area contributed by atoms with E-state index >= 15 is 0 Å². The van der Waals surface area contributed by atoms with Gasteiger partial charge in [0.25, 0.3) is 0 Å². The van der Waals surface area contributed by atoms with Crippen molar-refractivity contribution in [3.8, 4) is 5.75 Å². The number of hydrogen-bond acceptors (Lipinski definition) is 5. The molecule has 1 aliphatic rings. The molecular formula is C22H31N3O2. The summed E-state index contributed by atoms with van der Waals surface area (Å²) in [5.74, 6) is 1.29. The van der Waals surface area contributed by atoms with Crippen LogP contribution in [0.2, 0.25) is 0 Å². The van der Waals surface area contributed by atoms with Crippen LogP contribution in [-0.4, -0.2) is 45.5 Å². The average molecular weight is 370 g/mol. The smallest absolute Gasteiger partial charge is 0.123 e. The van der Waals surface area contributed by atoms with Crippen molar-refractivity contribution < 1.29 is 9.84 Å². The molecule has 3 atom stereocenters. The van der Waals surface area contributed by atoms with Gasteiger partial charge in [0, 0.05) is 57.1 Å². The number of hydrogen-bond donors (Lipinski definition) is 3. The molecule has 3 unspecified atom stereocenters. The van der Waals surface area contributed by atoms with Crippen LogP contribution >= 0.6 is 0 Å². The van der Waals surface area contributed by atoms with Gasteiger partial charge in [-0.05, 0) is 36.1 Å². The third kappa shape index (κ3) is 4.61. The van der Waals surface area contributed by atoms with Crippen LogP contribution in [0.1, 0.15) is 23.6 Å². The molecule has 27 heavy (non-hydrogen) atoms. The second-order valence-electron chi connectivity index (χ2n) is 7.37. The van der Waals surface area contributed by atoms with E-state index in [4.69, 9.17) is 4.74 Å². The minimum atomic E-state index is 0.214. The lowest BCUT2D eigenvalue weighted by Gasteiger charge is -2.26. The molecule has 0 saturated carbocycles. The number of aliphatic hydroxyl groups excluding tert-OH is 1. The fraction of sp³-hybridized carbons (Fsp3) is 0.455. The largest absolute Gasteiger partial charge is 0.496 e. The molecule has 0 spiro atoms. The molecule has 5 heteroatoms. The van der Waals surface area contributed by atoms with Gasteiger partial charge in [0.2, 0.25) is 0 Å². The maximum atomic E-state index is 9.49. The zero-order valence-electron chi connectivity index (χ0n) is 16.5. The molecule has 2 aromatic carbocycles. The van der Waals surface area contributed by atoms with Crippen LogP contribution in [-0.2, 0) is 6.54 Å². The fourth-order valence-corrected chi connectivity index (χ4v) is 3.93. The lowest BCUT2D eigenvalue weighted by Crippen LogP contribution is -2.38. The lowest BCUT2D eigenvalue weighted by atomic mass is 9.91. The van der Waals surface area contributed by atoms with E-state index in [1.165, 1.54) is 5.56 Å². The quantitative estimate of drug-likeness (QED) is 0.668. The third-order valence-corrected chi connectivity index (χ3v) is 5.43. The molecule has 3 rings (SSSR count). The van der Waals surface area contributed by atoms with E-state index in [0.29, 0.717) is 5.92 Å². The Labute approximate surface area is 162 Å². The Morgan fingerprint density at radius 2 is 1.96 bits per heavy atom. The summed E-state index contributed by atoms with van der Waals surface area (Å²) in [6.07, 6.45) is 0.795. The predicted octanol–water partition coefficient (Wildman–Crippen LogP) is 2.56. The van der Waals surface area contributed by atoms with Gasteiger partial charge in [0.1, 0.15) is 5.75 Å². The summed E-state index contributed by atoms with van der Waals surface area (Å²) in [6.45, 7) is 1.85. The molecule has 0 bridgehead atoms. The standard InChI is InChI=1S/C22H31N3O2/c1-25(2)19-9-10-20(27-3)18(13-19)15-24-22-17(11-12-26)14-23-21(22)16-7-5-4-6-8-16/h4-10,13,17,21-24,26H,11-12,14-15H2,1-3H3. The van der Waals surface area contributed by atoms with Crippen LogP contribution in [0, 0.1) is 5.92 Å². The third-order valence-electron chi connectivity index (χ3n) is 5.43. The molecule has 0 aliphatic carbocycles. The van der Waals surface area contributed by atoms with Gasteiger partial charge >= 0.3 is 0 Å². The summed E-state index contributed by atoms with van der Waals surface area (Å²) < 4.78 is 5.57. The number of benzene rings is 2. The van der Waals surface area contributed by atoms with E-state index in [1.54, 1.807) is 7.11 Å². The predicted molar refractivity (Wildman–Crippen MR) is 110 cm³/mol. The van der Waals surface area contributed by atoms with Gasteiger partial charge in [-0.1, -0.05) is 30.3 Å². The van der Waals surface area contributed by atoms with Gasteiger partial charge in [0.05, 0.1) is 7.11 Å². The molecule has 3 N–H and O–H groups in total. The number of nitrogens with zero attached hydrogens (tertiary/aromatic N) is 1. The first kappa shape index (κ1) is 19.7. The monoisotopic (exact) mass is 369 g/mol. The SMILES string of the molecule is COc1ccc(N(C)C)cc1CNC1C(CCO)CNC1c1ccccc1. The molecule has 0 radical (unpaired) electrons. The van der Waals surface area contributed by atoms with Crippen molar-refractivity contribution in [2.75, 3.05) is 39.3 Å². The van der Waals surface area contributed by atoms with E-state index in [-0.39, 0.29) is 18.7 Å². The Bertz CT molecular complexity index is 721. The van der Waals surface area contributed by atoms with E-state index in [9.17, 15) is 5.11 Å². The van der Waals surface area contributed by atoms with E-state index < -0.39 is 0 Å². The minimum absolute atomic E-state index is 0.214. The lowest BCUT2D eigenvalue weighted by molar-refractivity contribution is 0.243. The highest BCUT2D eigenvalue weighted by Crippen LogP contribution is 2.31. The maximum absolute atomic E-state index is 9.49. The van der Waals surface area contributed by atoms with Gasteiger partial charge in [-0.15, -0.1) is 0 Å². The number of methoxy groups -OCH3 is 1. The number of rotatable bonds is 8. The second-order valence-corrected chi connectivity index (χ2v) is 7.37. The van der Waals surface area contributed by atoms with E-state index in [2.05, 4.69) is 51.9 Å². The normalized spacial score (nSPS) is 22.0. The van der Waals surface area contributed by atoms with Crippen LogP contribution < -0.4 is 20.3 Å². The van der Waals surface area contributed by atoms with Crippen molar-refractivity contribution in [3.63, 3.8) is 0 Å². The molecule has 5 nitrogen and oxygen atoms in total. The molecule has 146 valence electrons. The zero-order chi connectivity index (χ0) is 19.2. The van der Waals surface area contributed by atoms with Crippen LogP contribution in [0.25, 0.3) is 0 Å². The first-order valence-electron chi connectivity index (χ1n) is 9.61. The van der Waals surface area contributed by atoms with Gasteiger partial charge < -0.3 is 25.4 Å². The van der Waals surface area contributed by atoms with Crippen molar-refractivity contribution in [2.45, 2.75) is 25.0 Å². The van der Waals surface area contributed by atoms with Crippen LogP contribution in [0.3, 0.4) is 0 Å². The molecule has 2 aromatic rings. The summed E-state index contributed by atoms with van der Waals surface area (Å²) in [5.41, 5.74) is 3.58. The zero-order valence-corrected chi connectivity index (χ0v) is 16.5. The van der Waals surface area contributed by atoms with Crippen LogP contribution in [0.5, 0.6) is 5.75 Å². The van der Waals surface area contributed by atoms with Crippen molar-refractivity contribution in [2.24, 2.45) is 5.92 Å². The summed E-state index contributed by atoms with van der Waals surface area (Å²) in [4.78, 5) is 2.10. The minimum Gasteiger partial charge on any atom is -0.496 e. The van der Waals surface area contributed by atoms with Gasteiger partial charge in [-0.3, -0.25) is 0 Å². The Hall–Kier alpha value is -2.08. The van der Waals surface area contributed by atoms with Gasteiger partial charge in [-0.2, -0.15) is 0 Å². The Morgan fingerprint density at radius 3 is 2.63 bits per heavy atom. The van der Waals surface area contributed by atoms with Crippen LogP contribution in [0.4, 0.5) is 5.69 Å². The average Bonchev–Trinajstić information content (AvgIpc) is 3.09. The van der Waals surface area contributed by atoms with Crippen molar-refractivity contribution in [1.29, 1.82) is 0 Å². The molecule has 0 amide bonds. The molecule has 0 aromatic heterocycles. The highest BCUT2D eigenvalue weighted by molar-refractivity contribution is 5.52. The first-order valence-corrected chi connectivity index (χ1v) is 9.61. The van der Waals surface area contributed by atoms with Gasteiger partial charge in [-0.25, -0.2) is 0 Å². The molecule has 1 aliphatic heterocycles. The molecule has 1 saturated heterocycles. The van der Waals surface area contributed by atoms with E-state index in [0.717, 1.165) is 36.5 Å². The molecule has 1 fully saturated rings. The number of aliphatic hydroxyl groups is 1. The highest BCUT2D eigenvalue weighted by atomic mass is 16.5. The number of nitrogens with one attached hydrogen (secondary N) is 2. The van der Waals surface area contributed by atoms with Crippen LogP contribution in [0.15, 0.2) is 48.5 Å². The second kappa shape index (κ2) is 9.22. The molecular weight excluding hydrogens is 338 g/mol. The Kier molecular flexibility index (Phi) is 6.72. The van der Waals surface area contributed by atoms with Gasteiger partial charge in [0.15, 0.2) is 0 Å². The summed E-state index contributed by atoms with van der Waals surface area (Å²) >= 11 is 0. The fourth-order valence-electron chi connectivity index (χ4n) is 3.93. The summed E-state index contributed by atoms with van der Waals surface area (Å²) in [5, 5.41) is 16.9. The maximum Gasteiger partial charge on any atom is 0.123 e. The van der Waals surface area contributed by atoms with Crippen molar-refractivity contribution >= 4 is 5.69 Å². The highest BCUT2D eigenvalue weighted by Gasteiger charge is 2.35. The molecule has 1 heterocycles. The van der Waals surface area contributed by atoms with Crippen molar-refractivity contribution in [3.05, 3.63) is 59.7 Å². The Balaban J connectivity index is 1.79. The summed E-state index contributed by atoms with van der Waals surface area (Å²) in [7, 11) is 5.80. The van der Waals surface area contributed by atoms with Crippen molar-refractivity contribution in [1.82, 2.24) is 10.6 Å². The Morgan fingerprint density at radius 1 is 1.19 bits per heavy atom. The summed E-state index contributed by atoms with van der Waals surface area (Å²) in [6, 6.07) is 17.3. The first-order chi connectivity index (χ1) is 13.1. The number of ether oxygens (including phenoxy) is 1. The topological polar surface area (TPSA) is 56.8 Å². The number of anilines is 1. The van der Waals surface area contributed by atoms with E-state index in [1.807, 2.05) is 26.2 Å².